The highest BCUT2D eigenvalue weighted by molar-refractivity contribution is 7.14. The SMILES string of the molecule is CCNCc1nnc(-c2cc(O)ccc2Cl)s1. The molecule has 0 radical (unpaired) electrons. The lowest BCUT2D eigenvalue weighted by atomic mass is 10.2. The van der Waals surface area contributed by atoms with Crippen molar-refractivity contribution in [3.63, 3.8) is 0 Å². The number of benzene rings is 1. The Morgan fingerprint density at radius 1 is 1.41 bits per heavy atom. The fourth-order valence-electron chi connectivity index (χ4n) is 1.34. The van der Waals surface area contributed by atoms with Crippen molar-refractivity contribution < 1.29 is 5.11 Å². The molecule has 2 rings (SSSR count). The summed E-state index contributed by atoms with van der Waals surface area (Å²) in [7, 11) is 0. The molecule has 0 saturated heterocycles. The first kappa shape index (κ1) is 12.3. The summed E-state index contributed by atoms with van der Waals surface area (Å²) in [4.78, 5) is 0. The van der Waals surface area contributed by atoms with Crippen molar-refractivity contribution in [2.24, 2.45) is 0 Å². The Kier molecular flexibility index (Phi) is 3.93. The fraction of sp³-hybridized carbons (Fsp3) is 0.273. The van der Waals surface area contributed by atoms with Gasteiger partial charge in [0.1, 0.15) is 15.8 Å². The summed E-state index contributed by atoms with van der Waals surface area (Å²) in [5, 5.41) is 22.9. The molecule has 0 aliphatic rings. The normalized spacial score (nSPS) is 10.7. The van der Waals surface area contributed by atoms with E-state index >= 15 is 0 Å². The maximum Gasteiger partial charge on any atom is 0.149 e. The van der Waals surface area contributed by atoms with Crippen LogP contribution in [0.2, 0.25) is 5.02 Å². The Morgan fingerprint density at radius 2 is 2.24 bits per heavy atom. The van der Waals surface area contributed by atoms with Crippen LogP contribution in [0.4, 0.5) is 0 Å². The molecule has 0 amide bonds. The fourth-order valence-corrected chi connectivity index (χ4v) is 2.45. The molecule has 0 fully saturated rings. The lowest BCUT2D eigenvalue weighted by molar-refractivity contribution is 0.475. The van der Waals surface area contributed by atoms with E-state index in [1.165, 1.54) is 11.3 Å². The van der Waals surface area contributed by atoms with Crippen LogP contribution in [0.25, 0.3) is 10.6 Å². The summed E-state index contributed by atoms with van der Waals surface area (Å²) < 4.78 is 0. The summed E-state index contributed by atoms with van der Waals surface area (Å²) >= 11 is 7.53. The third kappa shape index (κ3) is 2.94. The van der Waals surface area contributed by atoms with Gasteiger partial charge in [-0.15, -0.1) is 10.2 Å². The number of halogens is 1. The van der Waals surface area contributed by atoms with Gasteiger partial charge in [0.2, 0.25) is 0 Å². The van der Waals surface area contributed by atoms with Crippen LogP contribution in [0.1, 0.15) is 11.9 Å². The number of nitrogens with zero attached hydrogens (tertiary/aromatic N) is 2. The number of nitrogens with one attached hydrogen (secondary N) is 1. The number of aromatic nitrogens is 2. The van der Waals surface area contributed by atoms with Gasteiger partial charge < -0.3 is 10.4 Å². The first-order valence-electron chi connectivity index (χ1n) is 5.22. The minimum Gasteiger partial charge on any atom is -0.508 e. The van der Waals surface area contributed by atoms with Gasteiger partial charge in [-0.05, 0) is 24.7 Å². The van der Waals surface area contributed by atoms with Crippen molar-refractivity contribution in [3.8, 4) is 16.3 Å². The zero-order chi connectivity index (χ0) is 12.3. The third-order valence-electron chi connectivity index (χ3n) is 2.17. The smallest absolute Gasteiger partial charge is 0.149 e. The second-order valence-corrected chi connectivity index (χ2v) is 4.91. The molecule has 0 spiro atoms. The van der Waals surface area contributed by atoms with Crippen LogP contribution in [0.15, 0.2) is 18.2 Å². The summed E-state index contributed by atoms with van der Waals surface area (Å²) in [5.41, 5.74) is 0.715. The van der Waals surface area contributed by atoms with Gasteiger partial charge in [-0.25, -0.2) is 0 Å². The summed E-state index contributed by atoms with van der Waals surface area (Å²) in [5.74, 6) is 0.174. The second-order valence-electron chi connectivity index (χ2n) is 3.45. The van der Waals surface area contributed by atoms with Crippen LogP contribution < -0.4 is 5.32 Å². The van der Waals surface area contributed by atoms with E-state index in [0.29, 0.717) is 17.1 Å². The molecule has 0 aliphatic carbocycles. The van der Waals surface area contributed by atoms with Gasteiger partial charge in [0.25, 0.3) is 0 Å². The molecular formula is C11H12ClN3OS. The summed E-state index contributed by atoms with van der Waals surface area (Å²) in [6, 6.07) is 4.80. The molecule has 1 heterocycles. The van der Waals surface area contributed by atoms with Crippen molar-refractivity contribution in [2.45, 2.75) is 13.5 Å². The molecule has 4 nitrogen and oxygen atoms in total. The minimum atomic E-state index is 0.174. The number of rotatable bonds is 4. The Bertz CT molecular complexity index is 515. The van der Waals surface area contributed by atoms with Crippen LogP contribution in [-0.4, -0.2) is 21.8 Å². The van der Waals surface area contributed by atoms with Gasteiger partial charge in [0.15, 0.2) is 0 Å². The summed E-state index contributed by atoms with van der Waals surface area (Å²) in [6.07, 6.45) is 0. The zero-order valence-corrected chi connectivity index (χ0v) is 10.8. The van der Waals surface area contributed by atoms with Crippen molar-refractivity contribution in [2.75, 3.05) is 6.54 Å². The average Bonchev–Trinajstić information content (AvgIpc) is 2.78. The molecule has 0 atom stereocenters. The van der Waals surface area contributed by atoms with E-state index in [1.54, 1.807) is 18.2 Å². The van der Waals surface area contributed by atoms with Crippen LogP contribution in [-0.2, 0) is 6.54 Å². The number of phenols is 1. The van der Waals surface area contributed by atoms with Crippen molar-refractivity contribution in [3.05, 3.63) is 28.2 Å². The van der Waals surface area contributed by atoms with E-state index < -0.39 is 0 Å². The predicted octanol–water partition coefficient (Wildman–Crippen LogP) is 2.67. The zero-order valence-electron chi connectivity index (χ0n) is 9.27. The van der Waals surface area contributed by atoms with Gasteiger partial charge in [0.05, 0.1) is 5.02 Å². The molecular weight excluding hydrogens is 258 g/mol. The Balaban J connectivity index is 2.27. The lowest BCUT2D eigenvalue weighted by Crippen LogP contribution is -2.11. The van der Waals surface area contributed by atoms with E-state index in [9.17, 15) is 5.11 Å². The quantitative estimate of drug-likeness (QED) is 0.896. The molecule has 2 N–H and O–H groups in total. The van der Waals surface area contributed by atoms with Crippen LogP contribution in [0.5, 0.6) is 5.75 Å². The minimum absolute atomic E-state index is 0.174. The van der Waals surface area contributed by atoms with Crippen LogP contribution in [0.3, 0.4) is 0 Å². The van der Waals surface area contributed by atoms with E-state index in [-0.39, 0.29) is 5.75 Å². The Hall–Kier alpha value is -1.17. The van der Waals surface area contributed by atoms with Gasteiger partial charge in [0, 0.05) is 12.1 Å². The summed E-state index contributed by atoms with van der Waals surface area (Å²) in [6.45, 7) is 3.63. The number of hydrogen-bond donors (Lipinski definition) is 2. The maximum absolute atomic E-state index is 9.43. The molecule has 90 valence electrons. The van der Waals surface area contributed by atoms with E-state index in [4.69, 9.17) is 11.6 Å². The molecule has 0 unspecified atom stereocenters. The van der Waals surface area contributed by atoms with Crippen molar-refractivity contribution in [1.29, 1.82) is 0 Å². The number of aromatic hydroxyl groups is 1. The van der Waals surface area contributed by atoms with Crippen molar-refractivity contribution >= 4 is 22.9 Å². The molecule has 0 aliphatic heterocycles. The van der Waals surface area contributed by atoms with Gasteiger partial charge in [-0.3, -0.25) is 0 Å². The predicted molar refractivity (Wildman–Crippen MR) is 69.4 cm³/mol. The lowest BCUT2D eigenvalue weighted by Gasteiger charge is -1.99. The van der Waals surface area contributed by atoms with Gasteiger partial charge in [-0.1, -0.05) is 29.9 Å². The third-order valence-corrected chi connectivity index (χ3v) is 3.46. The highest BCUT2D eigenvalue weighted by Gasteiger charge is 2.10. The highest BCUT2D eigenvalue weighted by Crippen LogP contribution is 2.32. The second kappa shape index (κ2) is 5.44. The largest absolute Gasteiger partial charge is 0.508 e. The number of phenolic OH excluding ortho intramolecular Hbond substituents is 1. The molecule has 2 aromatic rings. The van der Waals surface area contributed by atoms with E-state index in [0.717, 1.165) is 16.6 Å². The Morgan fingerprint density at radius 3 is 3.00 bits per heavy atom. The van der Waals surface area contributed by atoms with E-state index in [2.05, 4.69) is 15.5 Å². The first-order valence-corrected chi connectivity index (χ1v) is 6.42. The maximum atomic E-state index is 9.43. The monoisotopic (exact) mass is 269 g/mol. The first-order chi connectivity index (χ1) is 8.20. The standard InChI is InChI=1S/C11H12ClN3OS/c1-2-13-6-10-14-15-11(17-10)8-5-7(16)3-4-9(8)12/h3-5,13,16H,2,6H2,1H3. The van der Waals surface area contributed by atoms with Crippen LogP contribution in [0, 0.1) is 0 Å². The molecule has 1 aromatic heterocycles. The highest BCUT2D eigenvalue weighted by atomic mass is 35.5. The molecule has 0 saturated carbocycles. The van der Waals surface area contributed by atoms with Crippen LogP contribution >= 0.6 is 22.9 Å². The van der Waals surface area contributed by atoms with Gasteiger partial charge >= 0.3 is 0 Å². The average molecular weight is 270 g/mol. The topological polar surface area (TPSA) is 58.0 Å². The Labute approximate surface area is 108 Å². The van der Waals surface area contributed by atoms with E-state index in [1.807, 2.05) is 6.92 Å². The van der Waals surface area contributed by atoms with Gasteiger partial charge in [-0.2, -0.15) is 0 Å². The molecule has 0 bridgehead atoms. The number of hydrogen-bond acceptors (Lipinski definition) is 5. The molecule has 17 heavy (non-hydrogen) atoms. The molecule has 6 heteroatoms. The molecule has 1 aromatic carbocycles. The van der Waals surface area contributed by atoms with Crippen molar-refractivity contribution in [1.82, 2.24) is 15.5 Å².